The van der Waals surface area contributed by atoms with Gasteiger partial charge >= 0.3 is 0 Å². The van der Waals surface area contributed by atoms with Gasteiger partial charge in [-0.15, -0.1) is 11.3 Å². The van der Waals surface area contributed by atoms with E-state index in [1.807, 2.05) is 0 Å². The van der Waals surface area contributed by atoms with Gasteiger partial charge in [0.2, 0.25) is 0 Å². The summed E-state index contributed by atoms with van der Waals surface area (Å²) in [5, 5.41) is 2.10. The Morgan fingerprint density at radius 1 is 1.63 bits per heavy atom. The molecule has 1 unspecified atom stereocenters. The zero-order chi connectivity index (χ0) is 13.9. The fraction of sp³-hybridized carbons (Fsp3) is 0.643. The van der Waals surface area contributed by atoms with E-state index in [2.05, 4.69) is 48.2 Å². The predicted octanol–water partition coefficient (Wildman–Crippen LogP) is 2.06. The Morgan fingerprint density at radius 3 is 3.05 bits per heavy atom. The van der Waals surface area contributed by atoms with Gasteiger partial charge in [-0.1, -0.05) is 19.9 Å². The first-order valence-electron chi connectivity index (χ1n) is 6.69. The minimum absolute atomic E-state index is 0.0384. The standard InChI is InChI=1S/C14H23N3OS/c1-11-9-17(6-7-18-11)13(15)16-10-14(2,3)12-5-4-8-19-12/h4-5,8,11H,6-7,9-10H2,1-3H3,(H2,15,16). The molecule has 2 N–H and O–H groups in total. The number of hydrogen-bond acceptors (Lipinski definition) is 3. The van der Waals surface area contributed by atoms with Gasteiger partial charge in [0.15, 0.2) is 5.96 Å². The Kier molecular flexibility index (Phi) is 4.47. The maximum atomic E-state index is 6.09. The van der Waals surface area contributed by atoms with Crippen LogP contribution < -0.4 is 5.73 Å². The summed E-state index contributed by atoms with van der Waals surface area (Å²) < 4.78 is 5.51. The van der Waals surface area contributed by atoms with E-state index in [0.29, 0.717) is 12.5 Å². The lowest BCUT2D eigenvalue weighted by Gasteiger charge is -2.32. The zero-order valence-electron chi connectivity index (χ0n) is 11.9. The molecule has 1 aliphatic heterocycles. The fourth-order valence-electron chi connectivity index (χ4n) is 2.15. The molecule has 1 fully saturated rings. The van der Waals surface area contributed by atoms with Gasteiger partial charge in [-0.25, -0.2) is 0 Å². The molecule has 106 valence electrons. The fourth-order valence-corrected chi connectivity index (χ4v) is 2.99. The second-order valence-corrected chi connectivity index (χ2v) is 6.61. The molecule has 4 nitrogen and oxygen atoms in total. The van der Waals surface area contributed by atoms with Crippen LogP contribution in [0.4, 0.5) is 0 Å². The monoisotopic (exact) mass is 281 g/mol. The van der Waals surface area contributed by atoms with E-state index in [1.165, 1.54) is 4.88 Å². The largest absolute Gasteiger partial charge is 0.375 e. The van der Waals surface area contributed by atoms with Crippen molar-refractivity contribution in [2.24, 2.45) is 10.7 Å². The van der Waals surface area contributed by atoms with Gasteiger partial charge in [0.1, 0.15) is 0 Å². The van der Waals surface area contributed by atoms with Gasteiger partial charge in [-0.2, -0.15) is 0 Å². The van der Waals surface area contributed by atoms with Crippen molar-refractivity contribution in [3.8, 4) is 0 Å². The van der Waals surface area contributed by atoms with E-state index in [0.717, 1.165) is 19.7 Å². The van der Waals surface area contributed by atoms with Crippen LogP contribution in [-0.4, -0.2) is 43.2 Å². The van der Waals surface area contributed by atoms with E-state index in [4.69, 9.17) is 10.5 Å². The van der Waals surface area contributed by atoms with Crippen LogP contribution in [0.3, 0.4) is 0 Å². The minimum atomic E-state index is 0.0384. The molecule has 2 heterocycles. The van der Waals surface area contributed by atoms with Crippen LogP contribution in [0.2, 0.25) is 0 Å². The SMILES string of the molecule is CC1CN(C(N)=NCC(C)(C)c2cccs2)CCO1. The normalized spacial score (nSPS) is 21.7. The zero-order valence-corrected chi connectivity index (χ0v) is 12.7. The van der Waals surface area contributed by atoms with Gasteiger partial charge in [0.05, 0.1) is 19.3 Å². The second kappa shape index (κ2) is 5.92. The Labute approximate surface area is 119 Å². The van der Waals surface area contributed by atoms with Crippen molar-refractivity contribution in [1.82, 2.24) is 4.90 Å². The quantitative estimate of drug-likeness (QED) is 0.681. The summed E-state index contributed by atoms with van der Waals surface area (Å²) >= 11 is 1.77. The third-order valence-corrected chi connectivity index (χ3v) is 4.63. The van der Waals surface area contributed by atoms with Crippen LogP contribution >= 0.6 is 11.3 Å². The molecule has 1 saturated heterocycles. The summed E-state index contributed by atoms with van der Waals surface area (Å²) in [6.07, 6.45) is 0.229. The number of nitrogens with two attached hydrogens (primary N) is 1. The molecule has 0 saturated carbocycles. The number of thiophene rings is 1. The molecule has 2 rings (SSSR count). The first-order chi connectivity index (χ1) is 8.99. The van der Waals surface area contributed by atoms with Gasteiger partial charge in [-0.05, 0) is 18.4 Å². The Hall–Kier alpha value is -1.07. The predicted molar refractivity (Wildman–Crippen MR) is 80.8 cm³/mol. The smallest absolute Gasteiger partial charge is 0.191 e. The summed E-state index contributed by atoms with van der Waals surface area (Å²) in [6, 6.07) is 4.24. The van der Waals surface area contributed by atoms with Crippen LogP contribution in [0.1, 0.15) is 25.6 Å². The highest BCUT2D eigenvalue weighted by molar-refractivity contribution is 7.10. The molecule has 19 heavy (non-hydrogen) atoms. The van der Waals surface area contributed by atoms with Gasteiger partial charge in [0.25, 0.3) is 0 Å². The highest BCUT2D eigenvalue weighted by atomic mass is 32.1. The maximum absolute atomic E-state index is 6.09. The van der Waals surface area contributed by atoms with Crippen LogP contribution in [-0.2, 0) is 10.2 Å². The first kappa shape index (κ1) is 14.3. The molecular weight excluding hydrogens is 258 g/mol. The number of ether oxygens (including phenoxy) is 1. The van der Waals surface area contributed by atoms with Crippen molar-refractivity contribution < 1.29 is 4.74 Å². The average molecular weight is 281 g/mol. The van der Waals surface area contributed by atoms with Crippen LogP contribution in [0.15, 0.2) is 22.5 Å². The van der Waals surface area contributed by atoms with Gasteiger partial charge < -0.3 is 15.4 Å². The third-order valence-electron chi connectivity index (χ3n) is 3.39. The summed E-state index contributed by atoms with van der Waals surface area (Å²) in [7, 11) is 0. The van der Waals surface area contributed by atoms with Crippen molar-refractivity contribution in [2.75, 3.05) is 26.2 Å². The molecule has 0 aromatic carbocycles. The molecule has 1 aromatic heterocycles. The van der Waals surface area contributed by atoms with Gasteiger partial charge in [0, 0.05) is 23.4 Å². The lowest BCUT2D eigenvalue weighted by molar-refractivity contribution is 0.00527. The molecule has 0 radical (unpaired) electrons. The van der Waals surface area contributed by atoms with Gasteiger partial charge in [-0.3, -0.25) is 4.99 Å². The topological polar surface area (TPSA) is 50.8 Å². The van der Waals surface area contributed by atoms with E-state index in [-0.39, 0.29) is 11.5 Å². The van der Waals surface area contributed by atoms with Crippen molar-refractivity contribution in [1.29, 1.82) is 0 Å². The van der Waals surface area contributed by atoms with E-state index in [1.54, 1.807) is 11.3 Å². The molecule has 0 amide bonds. The maximum Gasteiger partial charge on any atom is 0.191 e. The first-order valence-corrected chi connectivity index (χ1v) is 7.57. The van der Waals surface area contributed by atoms with E-state index >= 15 is 0 Å². The van der Waals surface area contributed by atoms with Crippen LogP contribution in [0, 0.1) is 0 Å². The molecular formula is C14H23N3OS. The molecule has 1 atom stereocenters. The highest BCUT2D eigenvalue weighted by Gasteiger charge is 2.23. The Balaban J connectivity index is 1.97. The van der Waals surface area contributed by atoms with Crippen molar-refractivity contribution in [3.63, 3.8) is 0 Å². The number of guanidine groups is 1. The van der Waals surface area contributed by atoms with E-state index < -0.39 is 0 Å². The molecule has 0 aliphatic carbocycles. The number of hydrogen-bond donors (Lipinski definition) is 1. The van der Waals surface area contributed by atoms with Crippen molar-refractivity contribution in [3.05, 3.63) is 22.4 Å². The summed E-state index contributed by atoms with van der Waals surface area (Å²) in [6.45, 7) is 9.58. The second-order valence-electron chi connectivity index (χ2n) is 5.66. The molecule has 1 aromatic rings. The van der Waals surface area contributed by atoms with Crippen LogP contribution in [0.25, 0.3) is 0 Å². The molecule has 0 spiro atoms. The minimum Gasteiger partial charge on any atom is -0.375 e. The van der Waals surface area contributed by atoms with E-state index in [9.17, 15) is 0 Å². The Bertz CT molecular complexity index is 428. The third kappa shape index (κ3) is 3.70. The van der Waals surface area contributed by atoms with Crippen molar-refractivity contribution >= 4 is 17.3 Å². The number of rotatable bonds is 3. The Morgan fingerprint density at radius 2 is 2.42 bits per heavy atom. The van der Waals surface area contributed by atoms with Crippen molar-refractivity contribution in [2.45, 2.75) is 32.3 Å². The molecule has 1 aliphatic rings. The summed E-state index contributed by atoms with van der Waals surface area (Å²) in [4.78, 5) is 8.04. The number of morpholine rings is 1. The molecule has 0 bridgehead atoms. The summed E-state index contributed by atoms with van der Waals surface area (Å²) in [5.41, 5.74) is 6.13. The lowest BCUT2D eigenvalue weighted by Crippen LogP contribution is -2.48. The molecule has 5 heteroatoms. The average Bonchev–Trinajstić information content (AvgIpc) is 2.90. The number of aliphatic imine (C=N–C) groups is 1. The van der Waals surface area contributed by atoms with Crippen LogP contribution in [0.5, 0.6) is 0 Å². The number of nitrogens with zero attached hydrogens (tertiary/aromatic N) is 2. The summed E-state index contributed by atoms with van der Waals surface area (Å²) in [5.74, 6) is 0.639. The highest BCUT2D eigenvalue weighted by Crippen LogP contribution is 2.27. The lowest BCUT2D eigenvalue weighted by atomic mass is 9.92.